The maximum absolute atomic E-state index is 12.1. The van der Waals surface area contributed by atoms with E-state index in [-0.39, 0.29) is 11.8 Å². The number of nitrogens with zero attached hydrogens (tertiary/aromatic N) is 2. The zero-order valence-electron chi connectivity index (χ0n) is 11.0. The summed E-state index contributed by atoms with van der Waals surface area (Å²) in [5.41, 5.74) is 0. The van der Waals surface area contributed by atoms with Crippen molar-refractivity contribution in [3.63, 3.8) is 0 Å². The van der Waals surface area contributed by atoms with E-state index < -0.39 is 0 Å². The molecule has 0 saturated heterocycles. The van der Waals surface area contributed by atoms with Gasteiger partial charge in [-0.2, -0.15) is 0 Å². The van der Waals surface area contributed by atoms with Crippen LogP contribution in [0.4, 0.5) is 5.95 Å². The van der Waals surface area contributed by atoms with Crippen LogP contribution in [0.5, 0.6) is 0 Å². The van der Waals surface area contributed by atoms with Crippen molar-refractivity contribution in [1.29, 1.82) is 0 Å². The average molecular weight is 260 g/mol. The van der Waals surface area contributed by atoms with Crippen molar-refractivity contribution in [3.05, 3.63) is 18.5 Å². The Morgan fingerprint density at radius 1 is 1.21 bits per heavy atom. The van der Waals surface area contributed by atoms with Crippen LogP contribution in [0.25, 0.3) is 0 Å². The van der Waals surface area contributed by atoms with Crippen LogP contribution in [-0.4, -0.2) is 29.0 Å². The van der Waals surface area contributed by atoms with Gasteiger partial charge < -0.3 is 10.6 Å². The fraction of sp³-hybridized carbons (Fsp3) is 0.643. The number of rotatable bonds is 5. The van der Waals surface area contributed by atoms with Gasteiger partial charge in [-0.3, -0.25) is 4.79 Å². The van der Waals surface area contributed by atoms with Crippen molar-refractivity contribution in [2.45, 2.75) is 25.7 Å². The number of aromatic nitrogens is 2. The topological polar surface area (TPSA) is 66.9 Å². The Bertz CT molecular complexity index is 436. The number of nitrogens with one attached hydrogen (secondary N) is 2. The molecule has 0 aromatic carbocycles. The molecule has 3 unspecified atom stereocenters. The minimum absolute atomic E-state index is 0.239. The Labute approximate surface area is 113 Å². The molecule has 0 aliphatic heterocycles. The third-order valence-electron chi connectivity index (χ3n) is 4.35. The Morgan fingerprint density at radius 2 is 2.05 bits per heavy atom. The number of carbonyl (C=O) groups is 1. The van der Waals surface area contributed by atoms with Gasteiger partial charge in [0.25, 0.3) is 0 Å². The van der Waals surface area contributed by atoms with Gasteiger partial charge in [0.2, 0.25) is 11.9 Å². The van der Waals surface area contributed by atoms with Crippen molar-refractivity contribution < 1.29 is 4.79 Å². The third-order valence-corrected chi connectivity index (χ3v) is 4.35. The standard InChI is InChI=1S/C14H20N4O/c19-13(12-9-10-2-3-11(12)8-10)15-6-7-18-14-16-4-1-5-17-14/h1,4-5,10-12H,2-3,6-9H2,(H,15,19)(H,16,17,18). The van der Waals surface area contributed by atoms with Gasteiger partial charge in [-0.25, -0.2) is 9.97 Å². The van der Waals surface area contributed by atoms with E-state index in [0.29, 0.717) is 25.0 Å². The number of fused-ring (bicyclic) bond motifs is 2. The molecule has 1 amide bonds. The zero-order valence-corrected chi connectivity index (χ0v) is 11.0. The first kappa shape index (κ1) is 12.4. The highest BCUT2D eigenvalue weighted by atomic mass is 16.1. The van der Waals surface area contributed by atoms with Gasteiger partial charge in [0.05, 0.1) is 0 Å². The lowest BCUT2D eigenvalue weighted by Gasteiger charge is -2.20. The Hall–Kier alpha value is -1.65. The van der Waals surface area contributed by atoms with Crippen LogP contribution in [-0.2, 0) is 4.79 Å². The first-order valence-electron chi connectivity index (χ1n) is 7.11. The number of hydrogen-bond acceptors (Lipinski definition) is 4. The molecule has 2 bridgehead atoms. The molecule has 102 valence electrons. The Morgan fingerprint density at radius 3 is 2.74 bits per heavy atom. The molecule has 1 aromatic rings. The summed E-state index contributed by atoms with van der Waals surface area (Å²) in [5.74, 6) is 2.58. The number of anilines is 1. The molecule has 2 aliphatic carbocycles. The van der Waals surface area contributed by atoms with Gasteiger partial charge in [-0.15, -0.1) is 0 Å². The maximum atomic E-state index is 12.1. The summed E-state index contributed by atoms with van der Waals surface area (Å²) < 4.78 is 0. The van der Waals surface area contributed by atoms with E-state index >= 15 is 0 Å². The summed E-state index contributed by atoms with van der Waals surface area (Å²) in [4.78, 5) is 20.2. The summed E-state index contributed by atoms with van der Waals surface area (Å²) in [5, 5.41) is 6.11. The predicted molar refractivity (Wildman–Crippen MR) is 72.5 cm³/mol. The van der Waals surface area contributed by atoms with E-state index in [1.54, 1.807) is 18.5 Å². The van der Waals surface area contributed by atoms with Crippen LogP contribution in [0.15, 0.2) is 18.5 Å². The first-order chi connectivity index (χ1) is 9.33. The SMILES string of the molecule is O=C(NCCNc1ncccn1)C1CC2CCC1C2. The normalized spacial score (nSPS) is 28.3. The quantitative estimate of drug-likeness (QED) is 0.786. The summed E-state index contributed by atoms with van der Waals surface area (Å²) in [6.07, 6.45) is 8.35. The molecule has 5 heteroatoms. The monoisotopic (exact) mass is 260 g/mol. The van der Waals surface area contributed by atoms with Crippen molar-refractivity contribution >= 4 is 11.9 Å². The van der Waals surface area contributed by atoms with Crippen LogP contribution in [0.3, 0.4) is 0 Å². The summed E-state index contributed by atoms with van der Waals surface area (Å²) in [6, 6.07) is 1.78. The minimum atomic E-state index is 0.239. The van der Waals surface area contributed by atoms with Gasteiger partial charge in [-0.05, 0) is 37.2 Å². The van der Waals surface area contributed by atoms with Crippen molar-refractivity contribution in [2.75, 3.05) is 18.4 Å². The highest BCUT2D eigenvalue weighted by Crippen LogP contribution is 2.48. The van der Waals surface area contributed by atoms with E-state index in [0.717, 1.165) is 12.3 Å². The molecule has 19 heavy (non-hydrogen) atoms. The molecule has 2 aliphatic rings. The summed E-state index contributed by atoms with van der Waals surface area (Å²) in [7, 11) is 0. The van der Waals surface area contributed by atoms with Gasteiger partial charge in [0.15, 0.2) is 0 Å². The zero-order chi connectivity index (χ0) is 13.1. The molecule has 0 spiro atoms. The average Bonchev–Trinajstić information content (AvgIpc) is 3.07. The van der Waals surface area contributed by atoms with Gasteiger partial charge in [0.1, 0.15) is 0 Å². The van der Waals surface area contributed by atoms with E-state index in [4.69, 9.17) is 0 Å². The molecule has 3 atom stereocenters. The van der Waals surface area contributed by atoms with Gasteiger partial charge >= 0.3 is 0 Å². The van der Waals surface area contributed by atoms with Gasteiger partial charge in [-0.1, -0.05) is 6.42 Å². The maximum Gasteiger partial charge on any atom is 0.223 e. The summed E-state index contributed by atoms with van der Waals surface area (Å²) in [6.45, 7) is 1.29. The van der Waals surface area contributed by atoms with Crippen LogP contribution >= 0.6 is 0 Å². The number of amides is 1. The minimum Gasteiger partial charge on any atom is -0.354 e. The van der Waals surface area contributed by atoms with Crippen molar-refractivity contribution in [1.82, 2.24) is 15.3 Å². The second-order valence-electron chi connectivity index (χ2n) is 5.57. The van der Waals surface area contributed by atoms with Crippen molar-refractivity contribution in [2.24, 2.45) is 17.8 Å². The molecule has 2 fully saturated rings. The molecule has 1 aromatic heterocycles. The number of carbonyl (C=O) groups excluding carboxylic acids is 1. The van der Waals surface area contributed by atoms with E-state index in [1.165, 1.54) is 19.3 Å². The molecule has 3 rings (SSSR count). The highest BCUT2D eigenvalue weighted by Gasteiger charge is 2.42. The van der Waals surface area contributed by atoms with Crippen LogP contribution in [0.1, 0.15) is 25.7 Å². The van der Waals surface area contributed by atoms with Crippen molar-refractivity contribution in [3.8, 4) is 0 Å². The molecule has 0 radical (unpaired) electrons. The lowest BCUT2D eigenvalue weighted by molar-refractivity contribution is -0.126. The molecular formula is C14H20N4O. The largest absolute Gasteiger partial charge is 0.354 e. The smallest absolute Gasteiger partial charge is 0.223 e. The van der Waals surface area contributed by atoms with E-state index in [9.17, 15) is 4.79 Å². The summed E-state index contributed by atoms with van der Waals surface area (Å²) >= 11 is 0. The molecule has 1 heterocycles. The second kappa shape index (κ2) is 5.55. The van der Waals surface area contributed by atoms with Crippen LogP contribution in [0, 0.1) is 17.8 Å². The molecule has 5 nitrogen and oxygen atoms in total. The second-order valence-corrected chi connectivity index (χ2v) is 5.57. The van der Waals surface area contributed by atoms with Crippen LogP contribution in [0.2, 0.25) is 0 Å². The lowest BCUT2D eigenvalue weighted by atomic mass is 9.88. The predicted octanol–water partition coefficient (Wildman–Crippen LogP) is 1.44. The molecule has 2 N–H and O–H groups in total. The molecule has 2 saturated carbocycles. The fourth-order valence-electron chi connectivity index (χ4n) is 3.45. The van der Waals surface area contributed by atoms with E-state index in [1.807, 2.05) is 0 Å². The Balaban J connectivity index is 1.37. The van der Waals surface area contributed by atoms with Crippen LogP contribution < -0.4 is 10.6 Å². The highest BCUT2D eigenvalue weighted by molar-refractivity contribution is 5.79. The number of hydrogen-bond donors (Lipinski definition) is 2. The fourth-order valence-corrected chi connectivity index (χ4v) is 3.45. The Kier molecular flexibility index (Phi) is 3.62. The van der Waals surface area contributed by atoms with Gasteiger partial charge in [0, 0.05) is 31.4 Å². The van der Waals surface area contributed by atoms with E-state index in [2.05, 4.69) is 20.6 Å². The molecular weight excluding hydrogens is 240 g/mol. The third kappa shape index (κ3) is 2.85. The lowest BCUT2D eigenvalue weighted by Crippen LogP contribution is -2.36. The first-order valence-corrected chi connectivity index (χ1v) is 7.11.